The van der Waals surface area contributed by atoms with Crippen molar-refractivity contribution in [2.24, 2.45) is 0 Å². The number of halogens is 1. The molecule has 8 heteroatoms. The second-order valence-corrected chi connectivity index (χ2v) is 7.47. The molecule has 1 heterocycles. The molecule has 2 aromatic carbocycles. The van der Waals surface area contributed by atoms with Gasteiger partial charge in [-0.1, -0.05) is 61.5 Å². The van der Waals surface area contributed by atoms with Crippen LogP contribution in [0.4, 0.5) is 5.69 Å². The van der Waals surface area contributed by atoms with Crippen molar-refractivity contribution in [3.63, 3.8) is 0 Å². The molecule has 1 atom stereocenters. The molecule has 0 aliphatic heterocycles. The Hall–Kier alpha value is -2.38. The monoisotopic (exact) mass is 401 g/mol. The number of anilines is 1. The van der Waals surface area contributed by atoms with Crippen LogP contribution in [-0.4, -0.2) is 31.9 Å². The second-order valence-electron chi connectivity index (χ2n) is 6.09. The van der Waals surface area contributed by atoms with E-state index in [2.05, 4.69) is 40.8 Å². The van der Waals surface area contributed by atoms with Gasteiger partial charge in [-0.25, -0.2) is 0 Å². The van der Waals surface area contributed by atoms with Gasteiger partial charge in [-0.15, -0.1) is 5.10 Å². The highest BCUT2D eigenvalue weighted by molar-refractivity contribution is 7.99. The number of thioether (sulfide) groups is 1. The Labute approximate surface area is 167 Å². The third kappa shape index (κ3) is 4.87. The Morgan fingerprint density at radius 3 is 2.85 bits per heavy atom. The zero-order valence-corrected chi connectivity index (χ0v) is 16.7. The summed E-state index contributed by atoms with van der Waals surface area (Å²) in [5, 5.41) is 15.8. The molecule has 0 saturated heterocycles. The lowest BCUT2D eigenvalue weighted by molar-refractivity contribution is -0.113. The molecule has 1 N–H and O–H groups in total. The van der Waals surface area contributed by atoms with E-state index >= 15 is 0 Å². The van der Waals surface area contributed by atoms with Crippen molar-refractivity contribution in [1.29, 1.82) is 0 Å². The standard InChI is InChI=1S/C19H20ClN5OS/c1-3-13(2)16-9-4-5-10-17(16)21-18(26)12-27-19-22-23-24-25(19)15-8-6-7-14(20)11-15/h4-11,13H,3,12H2,1-2H3,(H,21,26)/t13-/m0/s1. The number of rotatable bonds is 7. The van der Waals surface area contributed by atoms with Crippen molar-refractivity contribution in [2.75, 3.05) is 11.1 Å². The SMILES string of the molecule is CC[C@H](C)c1ccccc1NC(=O)CSc1nnnn1-c1cccc(Cl)c1. The summed E-state index contributed by atoms with van der Waals surface area (Å²) >= 11 is 7.30. The maximum atomic E-state index is 12.4. The molecule has 0 fully saturated rings. The van der Waals surface area contributed by atoms with Crippen LogP contribution >= 0.6 is 23.4 Å². The predicted molar refractivity (Wildman–Crippen MR) is 109 cm³/mol. The van der Waals surface area contributed by atoms with Crippen LogP contribution in [0, 0.1) is 0 Å². The molecule has 0 saturated carbocycles. The first-order chi connectivity index (χ1) is 13.1. The van der Waals surface area contributed by atoms with E-state index in [0.717, 1.165) is 23.4 Å². The van der Waals surface area contributed by atoms with Crippen LogP contribution < -0.4 is 5.32 Å². The van der Waals surface area contributed by atoms with E-state index in [-0.39, 0.29) is 11.7 Å². The molecule has 0 spiro atoms. The van der Waals surface area contributed by atoms with Crippen molar-refractivity contribution >= 4 is 35.0 Å². The Bertz CT molecular complexity index is 930. The molecule has 0 radical (unpaired) electrons. The lowest BCUT2D eigenvalue weighted by Gasteiger charge is -2.15. The maximum absolute atomic E-state index is 12.4. The summed E-state index contributed by atoms with van der Waals surface area (Å²) in [6.45, 7) is 4.29. The van der Waals surface area contributed by atoms with Crippen LogP contribution in [0.2, 0.25) is 5.02 Å². The number of benzene rings is 2. The van der Waals surface area contributed by atoms with Crippen molar-refractivity contribution in [1.82, 2.24) is 20.2 Å². The molecule has 0 aliphatic rings. The number of aromatic nitrogens is 4. The van der Waals surface area contributed by atoms with Gasteiger partial charge >= 0.3 is 0 Å². The van der Waals surface area contributed by atoms with Crippen LogP contribution in [0.5, 0.6) is 0 Å². The molecular weight excluding hydrogens is 382 g/mol. The van der Waals surface area contributed by atoms with Crippen molar-refractivity contribution in [3.05, 3.63) is 59.1 Å². The van der Waals surface area contributed by atoms with E-state index in [1.165, 1.54) is 11.8 Å². The molecule has 1 aromatic heterocycles. The zero-order chi connectivity index (χ0) is 19.2. The molecule has 3 rings (SSSR count). The van der Waals surface area contributed by atoms with Crippen LogP contribution in [0.1, 0.15) is 31.7 Å². The third-order valence-electron chi connectivity index (χ3n) is 4.20. The smallest absolute Gasteiger partial charge is 0.234 e. The molecule has 0 bridgehead atoms. The van der Waals surface area contributed by atoms with Gasteiger partial charge in [0.25, 0.3) is 0 Å². The lowest BCUT2D eigenvalue weighted by Crippen LogP contribution is -2.16. The van der Waals surface area contributed by atoms with Crippen LogP contribution in [0.3, 0.4) is 0 Å². The first-order valence-electron chi connectivity index (χ1n) is 8.64. The first kappa shape index (κ1) is 19.4. The van der Waals surface area contributed by atoms with Gasteiger partial charge in [0.15, 0.2) is 0 Å². The molecule has 0 aliphatic carbocycles. The van der Waals surface area contributed by atoms with Gasteiger partial charge in [-0.3, -0.25) is 4.79 Å². The number of tetrazole rings is 1. The Morgan fingerprint density at radius 2 is 2.07 bits per heavy atom. The highest BCUT2D eigenvalue weighted by Crippen LogP contribution is 2.27. The first-order valence-corrected chi connectivity index (χ1v) is 10.0. The number of hydrogen-bond acceptors (Lipinski definition) is 5. The molecular formula is C19H20ClN5OS. The Kier molecular flexibility index (Phi) is 6.47. The minimum absolute atomic E-state index is 0.101. The van der Waals surface area contributed by atoms with Crippen molar-refractivity contribution in [3.8, 4) is 5.69 Å². The third-order valence-corrected chi connectivity index (χ3v) is 5.36. The Balaban J connectivity index is 1.67. The van der Waals surface area contributed by atoms with Gasteiger partial charge in [-0.05, 0) is 52.6 Å². The van der Waals surface area contributed by atoms with E-state index in [9.17, 15) is 4.79 Å². The summed E-state index contributed by atoms with van der Waals surface area (Å²) in [4.78, 5) is 12.4. The summed E-state index contributed by atoms with van der Waals surface area (Å²) in [5.41, 5.74) is 2.74. The second kappa shape index (κ2) is 9.01. The van der Waals surface area contributed by atoms with Crippen LogP contribution in [-0.2, 0) is 4.79 Å². The summed E-state index contributed by atoms with van der Waals surface area (Å²) in [6.07, 6.45) is 1.01. The highest BCUT2D eigenvalue weighted by atomic mass is 35.5. The number of hydrogen-bond donors (Lipinski definition) is 1. The zero-order valence-electron chi connectivity index (χ0n) is 15.1. The molecule has 27 heavy (non-hydrogen) atoms. The van der Waals surface area contributed by atoms with Crippen molar-refractivity contribution in [2.45, 2.75) is 31.3 Å². The van der Waals surface area contributed by atoms with Gasteiger partial charge in [0.05, 0.1) is 11.4 Å². The van der Waals surface area contributed by atoms with Crippen LogP contribution in [0.15, 0.2) is 53.7 Å². The quantitative estimate of drug-likeness (QED) is 0.587. The molecule has 3 aromatic rings. The fraction of sp³-hybridized carbons (Fsp3) is 0.263. The molecule has 6 nitrogen and oxygen atoms in total. The van der Waals surface area contributed by atoms with Gasteiger partial charge in [-0.2, -0.15) is 4.68 Å². The summed E-state index contributed by atoms with van der Waals surface area (Å²) in [7, 11) is 0. The minimum Gasteiger partial charge on any atom is -0.325 e. The fourth-order valence-corrected chi connectivity index (χ4v) is 3.49. The number of nitrogens with one attached hydrogen (secondary N) is 1. The summed E-state index contributed by atoms with van der Waals surface area (Å²) in [6, 6.07) is 15.1. The normalized spacial score (nSPS) is 12.0. The number of amides is 1. The number of carbonyl (C=O) groups is 1. The van der Waals surface area contributed by atoms with Gasteiger partial charge < -0.3 is 5.32 Å². The van der Waals surface area contributed by atoms with E-state index < -0.39 is 0 Å². The summed E-state index contributed by atoms with van der Waals surface area (Å²) in [5.74, 6) is 0.483. The molecule has 0 unspecified atom stereocenters. The van der Waals surface area contributed by atoms with E-state index in [1.54, 1.807) is 16.8 Å². The van der Waals surface area contributed by atoms with Crippen molar-refractivity contribution < 1.29 is 4.79 Å². The highest BCUT2D eigenvalue weighted by Gasteiger charge is 2.14. The minimum atomic E-state index is -0.101. The lowest BCUT2D eigenvalue weighted by atomic mass is 9.97. The molecule has 1 amide bonds. The average molecular weight is 402 g/mol. The van der Waals surface area contributed by atoms with Gasteiger partial charge in [0.1, 0.15) is 0 Å². The number of nitrogens with zero attached hydrogens (tertiary/aromatic N) is 4. The maximum Gasteiger partial charge on any atom is 0.234 e. The predicted octanol–water partition coefficient (Wildman–Crippen LogP) is 4.56. The van der Waals surface area contributed by atoms with E-state index in [0.29, 0.717) is 16.1 Å². The average Bonchev–Trinajstić information content (AvgIpc) is 3.15. The van der Waals surface area contributed by atoms with Gasteiger partial charge in [0.2, 0.25) is 11.1 Å². The number of carbonyl (C=O) groups excluding carboxylic acids is 1. The summed E-state index contributed by atoms with van der Waals surface area (Å²) < 4.78 is 1.57. The van der Waals surface area contributed by atoms with E-state index in [1.807, 2.05) is 30.3 Å². The van der Waals surface area contributed by atoms with Crippen LogP contribution in [0.25, 0.3) is 5.69 Å². The number of para-hydroxylation sites is 1. The van der Waals surface area contributed by atoms with Gasteiger partial charge in [0, 0.05) is 10.7 Å². The van der Waals surface area contributed by atoms with E-state index in [4.69, 9.17) is 11.6 Å². The Morgan fingerprint density at radius 1 is 1.26 bits per heavy atom. The fourth-order valence-electron chi connectivity index (χ4n) is 2.62. The molecule has 140 valence electrons. The largest absolute Gasteiger partial charge is 0.325 e. The topological polar surface area (TPSA) is 72.7 Å².